The summed E-state index contributed by atoms with van der Waals surface area (Å²) in [5, 5.41) is 13.4. The van der Waals surface area contributed by atoms with Crippen LogP contribution in [0.3, 0.4) is 0 Å². The zero-order chi connectivity index (χ0) is 14.2. The van der Waals surface area contributed by atoms with E-state index in [0.29, 0.717) is 12.1 Å². The van der Waals surface area contributed by atoms with Gasteiger partial charge in [-0.15, -0.1) is 0 Å². The van der Waals surface area contributed by atoms with Gasteiger partial charge >= 0.3 is 0 Å². The number of nitrogens with one attached hydrogen (secondary N) is 1. The molecule has 0 aromatic heterocycles. The van der Waals surface area contributed by atoms with Crippen molar-refractivity contribution in [3.8, 4) is 0 Å². The second-order valence-electron chi connectivity index (χ2n) is 7.05. The number of nitrogens with zero attached hydrogens (tertiary/aromatic N) is 1. The Morgan fingerprint density at radius 1 is 1.32 bits per heavy atom. The van der Waals surface area contributed by atoms with Crippen LogP contribution in [-0.4, -0.2) is 47.2 Å². The summed E-state index contributed by atoms with van der Waals surface area (Å²) in [5.41, 5.74) is -0.00904. The lowest BCUT2D eigenvalue weighted by molar-refractivity contribution is -0.135. The van der Waals surface area contributed by atoms with Crippen molar-refractivity contribution < 1.29 is 9.90 Å². The highest BCUT2D eigenvalue weighted by Gasteiger charge is 2.47. The maximum atomic E-state index is 11.9. The van der Waals surface area contributed by atoms with Crippen molar-refractivity contribution in [2.45, 2.75) is 65.1 Å². The molecule has 1 heterocycles. The van der Waals surface area contributed by atoms with E-state index in [1.54, 1.807) is 0 Å². The number of carbonyl (C=O) groups is 1. The average molecular weight is 268 g/mol. The van der Waals surface area contributed by atoms with Crippen LogP contribution < -0.4 is 5.32 Å². The van der Waals surface area contributed by atoms with Gasteiger partial charge in [0, 0.05) is 36.5 Å². The van der Waals surface area contributed by atoms with Crippen molar-refractivity contribution in [1.29, 1.82) is 0 Å². The number of hydrogen-bond acceptors (Lipinski definition) is 3. The quantitative estimate of drug-likeness (QED) is 0.813. The zero-order valence-corrected chi connectivity index (χ0v) is 12.6. The Balaban J connectivity index is 1.77. The fourth-order valence-electron chi connectivity index (χ4n) is 3.10. The predicted molar refractivity (Wildman–Crippen MR) is 75.8 cm³/mol. The molecule has 1 amide bonds. The molecule has 0 radical (unpaired) electrons. The van der Waals surface area contributed by atoms with E-state index < -0.39 is 0 Å². The Labute approximate surface area is 116 Å². The second kappa shape index (κ2) is 5.41. The van der Waals surface area contributed by atoms with E-state index in [4.69, 9.17) is 0 Å². The van der Waals surface area contributed by atoms with Crippen LogP contribution >= 0.6 is 0 Å². The van der Waals surface area contributed by atoms with E-state index in [-0.39, 0.29) is 23.3 Å². The first-order chi connectivity index (χ1) is 8.82. The Morgan fingerprint density at radius 2 is 1.89 bits per heavy atom. The lowest BCUT2D eigenvalue weighted by Crippen LogP contribution is -2.63. The van der Waals surface area contributed by atoms with Gasteiger partial charge in [-0.1, -0.05) is 27.7 Å². The van der Waals surface area contributed by atoms with E-state index in [9.17, 15) is 9.90 Å². The highest BCUT2D eigenvalue weighted by molar-refractivity contribution is 5.78. The molecular weight excluding hydrogens is 240 g/mol. The first-order valence-electron chi connectivity index (χ1n) is 7.55. The fraction of sp³-hybridized carbons (Fsp3) is 0.933. The third-order valence-electron chi connectivity index (χ3n) is 4.95. The summed E-state index contributed by atoms with van der Waals surface area (Å²) in [6.07, 6.45) is 2.74. The molecule has 110 valence electrons. The molecule has 2 unspecified atom stereocenters. The van der Waals surface area contributed by atoms with Gasteiger partial charge in [0.1, 0.15) is 0 Å². The van der Waals surface area contributed by atoms with Crippen molar-refractivity contribution in [3.05, 3.63) is 0 Å². The minimum atomic E-state index is -0.174. The van der Waals surface area contributed by atoms with Gasteiger partial charge in [-0.05, 0) is 19.3 Å². The lowest BCUT2D eigenvalue weighted by Gasteiger charge is -2.51. The van der Waals surface area contributed by atoms with Crippen LogP contribution in [0.1, 0.15) is 47.0 Å². The van der Waals surface area contributed by atoms with E-state index in [2.05, 4.69) is 19.2 Å². The molecule has 2 fully saturated rings. The highest BCUT2D eigenvalue weighted by atomic mass is 16.3. The van der Waals surface area contributed by atoms with Crippen molar-refractivity contribution in [2.75, 3.05) is 13.1 Å². The van der Waals surface area contributed by atoms with Crippen LogP contribution in [-0.2, 0) is 4.79 Å². The zero-order valence-electron chi connectivity index (χ0n) is 12.6. The normalized spacial score (nSPS) is 31.4. The van der Waals surface area contributed by atoms with Crippen LogP contribution in [0, 0.1) is 11.3 Å². The van der Waals surface area contributed by atoms with Crippen molar-refractivity contribution in [3.63, 3.8) is 0 Å². The van der Waals surface area contributed by atoms with Gasteiger partial charge in [0.2, 0.25) is 5.91 Å². The maximum Gasteiger partial charge on any atom is 0.225 e. The maximum absolute atomic E-state index is 11.9. The van der Waals surface area contributed by atoms with Crippen LogP contribution in [0.4, 0.5) is 0 Å². The van der Waals surface area contributed by atoms with Gasteiger partial charge in [0.15, 0.2) is 0 Å². The van der Waals surface area contributed by atoms with E-state index in [1.807, 2.05) is 18.7 Å². The van der Waals surface area contributed by atoms with Crippen molar-refractivity contribution in [2.24, 2.45) is 11.3 Å². The largest absolute Gasteiger partial charge is 0.392 e. The lowest BCUT2D eigenvalue weighted by atomic mass is 9.64. The summed E-state index contributed by atoms with van der Waals surface area (Å²) in [6.45, 7) is 9.90. The molecule has 2 N–H and O–H groups in total. The number of likely N-dealkylation sites (tertiary alicyclic amines) is 1. The van der Waals surface area contributed by atoms with Crippen molar-refractivity contribution >= 4 is 5.91 Å². The van der Waals surface area contributed by atoms with Gasteiger partial charge in [0.05, 0.1) is 6.10 Å². The third kappa shape index (κ3) is 2.95. The van der Waals surface area contributed by atoms with Crippen LogP contribution in [0.15, 0.2) is 0 Å². The monoisotopic (exact) mass is 268 g/mol. The second-order valence-corrected chi connectivity index (χ2v) is 7.05. The minimum absolute atomic E-state index is 0.00904. The number of carbonyl (C=O) groups excluding carboxylic acids is 1. The first kappa shape index (κ1) is 14.8. The Hall–Kier alpha value is -0.610. The summed E-state index contributed by atoms with van der Waals surface area (Å²) in [5.74, 6) is 0.378. The number of rotatable bonds is 3. The topological polar surface area (TPSA) is 52.6 Å². The fourth-order valence-corrected chi connectivity index (χ4v) is 3.10. The van der Waals surface area contributed by atoms with E-state index in [0.717, 1.165) is 32.4 Å². The molecular formula is C15H28N2O2. The van der Waals surface area contributed by atoms with Gasteiger partial charge in [-0.2, -0.15) is 0 Å². The van der Waals surface area contributed by atoms with Gasteiger partial charge in [-0.25, -0.2) is 0 Å². The molecule has 0 spiro atoms. The molecule has 2 atom stereocenters. The van der Waals surface area contributed by atoms with E-state index >= 15 is 0 Å². The SMILES string of the molecule is CC(C)C(=O)N1CCC(NC2CC(O)C2(C)C)CC1. The summed E-state index contributed by atoms with van der Waals surface area (Å²) in [7, 11) is 0. The Bertz CT molecular complexity index is 333. The molecule has 0 aromatic carbocycles. The third-order valence-corrected chi connectivity index (χ3v) is 4.95. The van der Waals surface area contributed by atoms with E-state index in [1.165, 1.54) is 0 Å². The van der Waals surface area contributed by atoms with Crippen LogP contribution in [0.5, 0.6) is 0 Å². The Kier molecular flexibility index (Phi) is 4.21. The molecule has 4 heteroatoms. The number of aliphatic hydroxyl groups excluding tert-OH is 1. The standard InChI is InChI=1S/C15H28N2O2/c1-10(2)14(19)17-7-5-11(6-8-17)16-12-9-13(18)15(12,3)4/h10-13,16,18H,5-9H2,1-4H3. The first-order valence-corrected chi connectivity index (χ1v) is 7.55. The Morgan fingerprint density at radius 3 is 2.32 bits per heavy atom. The summed E-state index contributed by atoms with van der Waals surface area (Å²) >= 11 is 0. The number of piperidine rings is 1. The molecule has 19 heavy (non-hydrogen) atoms. The van der Waals surface area contributed by atoms with Crippen LogP contribution in [0.2, 0.25) is 0 Å². The van der Waals surface area contributed by atoms with Crippen LogP contribution in [0.25, 0.3) is 0 Å². The molecule has 1 saturated carbocycles. The molecule has 1 saturated heterocycles. The summed E-state index contributed by atoms with van der Waals surface area (Å²) in [4.78, 5) is 13.9. The average Bonchev–Trinajstić information content (AvgIpc) is 2.38. The highest BCUT2D eigenvalue weighted by Crippen LogP contribution is 2.41. The van der Waals surface area contributed by atoms with Crippen molar-refractivity contribution in [1.82, 2.24) is 10.2 Å². The number of hydrogen-bond donors (Lipinski definition) is 2. The molecule has 0 aromatic rings. The molecule has 2 rings (SSSR count). The summed E-state index contributed by atoms with van der Waals surface area (Å²) < 4.78 is 0. The number of aliphatic hydroxyl groups is 1. The summed E-state index contributed by atoms with van der Waals surface area (Å²) in [6, 6.07) is 0.910. The molecule has 0 bridgehead atoms. The smallest absolute Gasteiger partial charge is 0.225 e. The molecule has 4 nitrogen and oxygen atoms in total. The molecule has 1 aliphatic carbocycles. The predicted octanol–water partition coefficient (Wildman–Crippen LogP) is 1.38. The number of amides is 1. The minimum Gasteiger partial charge on any atom is -0.392 e. The molecule has 1 aliphatic heterocycles. The molecule has 2 aliphatic rings. The van der Waals surface area contributed by atoms with Gasteiger partial charge in [0.25, 0.3) is 0 Å². The van der Waals surface area contributed by atoms with Gasteiger partial charge in [-0.3, -0.25) is 4.79 Å². The van der Waals surface area contributed by atoms with Gasteiger partial charge < -0.3 is 15.3 Å².